The second-order valence-corrected chi connectivity index (χ2v) is 11.6. The van der Waals surface area contributed by atoms with Gasteiger partial charge >= 0.3 is 0 Å². The fourth-order valence-electron chi connectivity index (χ4n) is 4.22. The summed E-state index contributed by atoms with van der Waals surface area (Å²) in [4.78, 5) is 25.7. The van der Waals surface area contributed by atoms with E-state index < -0.39 is 61.1 Å². The van der Waals surface area contributed by atoms with Crippen LogP contribution < -0.4 is 11.1 Å². The van der Waals surface area contributed by atoms with Crippen LogP contribution in [-0.2, 0) is 20.1 Å². The van der Waals surface area contributed by atoms with Crippen LogP contribution in [0.15, 0.2) is 64.4 Å². The maximum absolute atomic E-state index is 13.4. The topological polar surface area (TPSA) is 204 Å². The molecular weight excluding hydrogens is 538 g/mol. The van der Waals surface area contributed by atoms with Crippen LogP contribution in [0.5, 0.6) is 0 Å². The summed E-state index contributed by atoms with van der Waals surface area (Å²) < 4.78 is 60.9. The van der Waals surface area contributed by atoms with Gasteiger partial charge in [0, 0.05) is 29.9 Å². The number of hydrogen-bond acceptors (Lipinski definition) is 10. The summed E-state index contributed by atoms with van der Waals surface area (Å²) in [6.07, 6.45) is 0. The number of sulfonamides is 1. The third-order valence-electron chi connectivity index (χ3n) is 5.93. The van der Waals surface area contributed by atoms with Crippen molar-refractivity contribution in [2.75, 3.05) is 37.4 Å². The Morgan fingerprint density at radius 1 is 0.816 bits per heavy atom. The molecule has 0 radical (unpaired) electrons. The number of anilines is 3. The number of aliphatic hydroxyl groups is 2. The Morgan fingerprint density at radius 3 is 1.95 bits per heavy atom. The minimum atomic E-state index is -4.93. The molecule has 0 fully saturated rings. The smallest absolute Gasteiger partial charge is 0.296 e. The zero-order valence-corrected chi connectivity index (χ0v) is 21.3. The molecular formula is C24H23N3O9S2. The van der Waals surface area contributed by atoms with Gasteiger partial charge in [-0.3, -0.25) is 14.1 Å². The van der Waals surface area contributed by atoms with Gasteiger partial charge in [0.1, 0.15) is 4.90 Å². The van der Waals surface area contributed by atoms with Crippen LogP contribution in [0, 0.1) is 0 Å². The lowest BCUT2D eigenvalue weighted by Crippen LogP contribution is -2.35. The van der Waals surface area contributed by atoms with E-state index in [9.17, 15) is 41.2 Å². The summed E-state index contributed by atoms with van der Waals surface area (Å²) in [5.41, 5.74) is 4.68. The molecule has 0 unspecified atom stereocenters. The van der Waals surface area contributed by atoms with Gasteiger partial charge in [-0.05, 0) is 24.3 Å². The maximum Gasteiger partial charge on any atom is 0.296 e. The van der Waals surface area contributed by atoms with Crippen molar-refractivity contribution in [3.8, 4) is 0 Å². The van der Waals surface area contributed by atoms with E-state index in [2.05, 4.69) is 5.32 Å². The normalized spacial score (nSPS) is 13.4. The number of nitrogens with zero attached hydrogens (tertiary/aromatic N) is 1. The lowest BCUT2D eigenvalue weighted by molar-refractivity contribution is 0.0980. The summed E-state index contributed by atoms with van der Waals surface area (Å²) in [5.74, 6) is -1.35. The molecule has 0 saturated carbocycles. The molecule has 0 bridgehead atoms. The molecule has 0 spiro atoms. The summed E-state index contributed by atoms with van der Waals surface area (Å²) in [6.45, 7) is -1.49. The van der Waals surface area contributed by atoms with Gasteiger partial charge in [0.15, 0.2) is 11.6 Å². The van der Waals surface area contributed by atoms with Crippen LogP contribution in [0.1, 0.15) is 31.8 Å². The number of carbonyl (C=O) groups is 2. The average molecular weight is 562 g/mol. The third kappa shape index (κ3) is 4.80. The summed E-state index contributed by atoms with van der Waals surface area (Å²) in [7, 11) is -9.09. The first-order chi connectivity index (χ1) is 17.9. The van der Waals surface area contributed by atoms with Gasteiger partial charge in [-0.15, -0.1) is 0 Å². The molecule has 12 nitrogen and oxygen atoms in total. The lowest BCUT2D eigenvalue weighted by Gasteiger charge is -2.24. The first-order valence-corrected chi connectivity index (χ1v) is 14.0. The average Bonchev–Trinajstić information content (AvgIpc) is 2.87. The third-order valence-corrected chi connectivity index (χ3v) is 8.72. The maximum atomic E-state index is 13.4. The molecule has 3 aromatic rings. The van der Waals surface area contributed by atoms with Crippen molar-refractivity contribution in [1.82, 2.24) is 4.31 Å². The van der Waals surface area contributed by atoms with Crippen LogP contribution >= 0.6 is 0 Å². The number of nitrogens with one attached hydrogen (secondary N) is 1. The number of carbonyl (C=O) groups excluding carboxylic acids is 2. The summed E-state index contributed by atoms with van der Waals surface area (Å²) in [5, 5.41) is 21.2. The van der Waals surface area contributed by atoms with Crippen LogP contribution in [0.4, 0.5) is 17.1 Å². The minimum absolute atomic E-state index is 0.0103. The van der Waals surface area contributed by atoms with Gasteiger partial charge in [-0.25, -0.2) is 8.42 Å². The Labute approximate surface area is 218 Å². The number of nitrogen functional groups attached to an aromatic ring is 1. The molecule has 1 aliphatic carbocycles. The molecule has 38 heavy (non-hydrogen) atoms. The number of aliphatic hydroxyl groups excluding tert-OH is 2. The van der Waals surface area contributed by atoms with Gasteiger partial charge in [0.2, 0.25) is 10.0 Å². The Hall–Kier alpha value is -3.66. The molecule has 0 heterocycles. The van der Waals surface area contributed by atoms with Crippen molar-refractivity contribution in [3.63, 3.8) is 0 Å². The molecule has 6 N–H and O–H groups in total. The molecule has 0 atom stereocenters. The highest BCUT2D eigenvalue weighted by Gasteiger charge is 2.36. The van der Waals surface area contributed by atoms with Crippen molar-refractivity contribution in [2.24, 2.45) is 0 Å². The predicted octanol–water partition coefficient (Wildman–Crippen LogP) is 1.01. The second-order valence-electron chi connectivity index (χ2n) is 8.27. The molecule has 0 aliphatic heterocycles. The van der Waals surface area contributed by atoms with Crippen LogP contribution in [-0.4, -0.2) is 73.8 Å². The number of benzene rings is 3. The monoisotopic (exact) mass is 561 g/mol. The standard InChI is InChI=1S/C24H23N3O9S2/c25-22-19(38(34,35)36)13-18(20-21(22)24(31)17-7-2-1-6-16(17)23(20)30)26-14-4-3-5-15(12-14)37(32,33)27(8-10-28)9-11-29/h1-7,12-13,26,28-29H,8-11,25H2,(H,34,35,36). The van der Waals surface area contributed by atoms with E-state index in [1.165, 1.54) is 42.5 Å². The van der Waals surface area contributed by atoms with E-state index in [0.717, 1.165) is 10.4 Å². The molecule has 0 amide bonds. The zero-order chi connectivity index (χ0) is 27.8. The largest absolute Gasteiger partial charge is 0.397 e. The number of hydrogen-bond donors (Lipinski definition) is 5. The van der Waals surface area contributed by atoms with Crippen molar-refractivity contribution >= 4 is 48.8 Å². The molecule has 4 rings (SSSR count). The number of nitrogens with two attached hydrogens (primary N) is 1. The van der Waals surface area contributed by atoms with E-state index >= 15 is 0 Å². The highest BCUT2D eigenvalue weighted by molar-refractivity contribution is 7.89. The second kappa shape index (κ2) is 10.2. The molecule has 3 aromatic carbocycles. The van der Waals surface area contributed by atoms with Crippen LogP contribution in [0.25, 0.3) is 0 Å². The van der Waals surface area contributed by atoms with E-state index in [0.29, 0.717) is 0 Å². The fraction of sp³-hybridized carbons (Fsp3) is 0.167. The van der Waals surface area contributed by atoms with Gasteiger partial charge < -0.3 is 21.3 Å². The van der Waals surface area contributed by atoms with Crippen molar-refractivity contribution in [3.05, 3.63) is 76.9 Å². The Bertz CT molecular complexity index is 1660. The zero-order valence-electron chi connectivity index (χ0n) is 19.7. The van der Waals surface area contributed by atoms with Gasteiger partial charge in [-0.1, -0.05) is 30.3 Å². The molecule has 0 saturated heterocycles. The van der Waals surface area contributed by atoms with Gasteiger partial charge in [-0.2, -0.15) is 12.7 Å². The van der Waals surface area contributed by atoms with E-state index in [1.807, 2.05) is 0 Å². The quantitative estimate of drug-likeness (QED) is 0.144. The van der Waals surface area contributed by atoms with Crippen LogP contribution in [0.3, 0.4) is 0 Å². The predicted molar refractivity (Wildman–Crippen MR) is 137 cm³/mol. The van der Waals surface area contributed by atoms with Crippen LogP contribution in [0.2, 0.25) is 0 Å². The number of ketones is 2. The fourth-order valence-corrected chi connectivity index (χ4v) is 6.34. The Balaban J connectivity index is 1.88. The number of fused-ring (bicyclic) bond motifs is 2. The summed E-state index contributed by atoms with van der Waals surface area (Å²) >= 11 is 0. The van der Waals surface area contributed by atoms with E-state index in [-0.39, 0.29) is 46.1 Å². The van der Waals surface area contributed by atoms with Crippen molar-refractivity contribution < 1.29 is 41.2 Å². The first kappa shape index (κ1) is 27.4. The minimum Gasteiger partial charge on any atom is -0.397 e. The van der Waals surface area contributed by atoms with E-state index in [4.69, 9.17) is 5.73 Å². The van der Waals surface area contributed by atoms with Gasteiger partial charge in [0.05, 0.1) is 40.6 Å². The Morgan fingerprint density at radius 2 is 1.39 bits per heavy atom. The van der Waals surface area contributed by atoms with Crippen molar-refractivity contribution in [1.29, 1.82) is 0 Å². The highest BCUT2D eigenvalue weighted by atomic mass is 32.2. The highest BCUT2D eigenvalue weighted by Crippen LogP contribution is 2.40. The number of rotatable bonds is 9. The molecule has 14 heteroatoms. The van der Waals surface area contributed by atoms with Crippen molar-refractivity contribution in [2.45, 2.75) is 9.79 Å². The molecule has 200 valence electrons. The lowest BCUT2D eigenvalue weighted by atomic mass is 9.82. The first-order valence-electron chi connectivity index (χ1n) is 11.1. The summed E-state index contributed by atoms with van der Waals surface area (Å²) in [6, 6.07) is 12.1. The van der Waals surface area contributed by atoms with Gasteiger partial charge in [0.25, 0.3) is 10.1 Å². The van der Waals surface area contributed by atoms with E-state index in [1.54, 1.807) is 6.07 Å². The molecule has 0 aromatic heterocycles. The SMILES string of the molecule is Nc1c(S(=O)(=O)O)cc(Nc2cccc(S(=O)(=O)N(CCO)CCO)c2)c2c1C(=O)c1ccccc1C2=O. The molecule has 1 aliphatic rings. The Kier molecular flexibility index (Phi) is 7.38.